The van der Waals surface area contributed by atoms with Gasteiger partial charge in [0.25, 0.3) is 0 Å². The highest BCUT2D eigenvalue weighted by Gasteiger charge is 2.06. The third-order valence-corrected chi connectivity index (χ3v) is 3.06. The second-order valence-electron chi connectivity index (χ2n) is 4.85. The van der Waals surface area contributed by atoms with Gasteiger partial charge in [0, 0.05) is 17.6 Å². The van der Waals surface area contributed by atoms with Gasteiger partial charge >= 0.3 is 0 Å². The first-order chi connectivity index (χ1) is 9.24. The minimum atomic E-state index is 0.131. The monoisotopic (exact) mass is 252 g/mol. The van der Waals surface area contributed by atoms with Crippen molar-refractivity contribution in [3.05, 3.63) is 54.5 Å². The van der Waals surface area contributed by atoms with Crippen LogP contribution in [0.5, 0.6) is 0 Å². The van der Waals surface area contributed by atoms with Gasteiger partial charge in [0.05, 0.1) is 23.6 Å². The third-order valence-electron chi connectivity index (χ3n) is 3.06. The second-order valence-corrected chi connectivity index (χ2v) is 4.85. The zero-order valence-corrected chi connectivity index (χ0v) is 10.8. The fraction of sp³-hybridized carbons (Fsp3) is 0.200. The molecule has 0 radical (unpaired) electrons. The van der Waals surface area contributed by atoms with Gasteiger partial charge in [-0.1, -0.05) is 18.2 Å². The molecule has 0 aliphatic carbocycles. The molecule has 2 heterocycles. The van der Waals surface area contributed by atoms with Crippen molar-refractivity contribution in [3.8, 4) is 5.69 Å². The van der Waals surface area contributed by atoms with Crippen LogP contribution in [0.4, 0.5) is 0 Å². The Kier molecular flexibility index (Phi) is 3.01. The number of aromatic nitrogens is 3. The van der Waals surface area contributed by atoms with Crippen molar-refractivity contribution in [2.75, 3.05) is 0 Å². The molecule has 19 heavy (non-hydrogen) atoms. The summed E-state index contributed by atoms with van der Waals surface area (Å²) in [5.41, 5.74) is 9.02. The van der Waals surface area contributed by atoms with Gasteiger partial charge in [0.15, 0.2) is 0 Å². The molecule has 0 amide bonds. The van der Waals surface area contributed by atoms with Gasteiger partial charge in [-0.15, -0.1) is 0 Å². The fourth-order valence-corrected chi connectivity index (χ4v) is 2.25. The van der Waals surface area contributed by atoms with Crippen LogP contribution >= 0.6 is 0 Å². The van der Waals surface area contributed by atoms with Gasteiger partial charge in [-0.25, -0.2) is 4.68 Å². The largest absolute Gasteiger partial charge is 0.328 e. The van der Waals surface area contributed by atoms with E-state index in [1.165, 1.54) is 0 Å². The summed E-state index contributed by atoms with van der Waals surface area (Å²) in [4.78, 5) is 4.28. The summed E-state index contributed by atoms with van der Waals surface area (Å²) in [5, 5.41) is 5.56. The fourth-order valence-electron chi connectivity index (χ4n) is 2.25. The molecule has 4 nitrogen and oxygen atoms in total. The van der Waals surface area contributed by atoms with Gasteiger partial charge in [-0.05, 0) is 31.0 Å². The number of hydrogen-bond donors (Lipinski definition) is 1. The molecule has 1 atom stereocenters. The average molecular weight is 252 g/mol. The number of nitrogens with two attached hydrogens (primary N) is 1. The maximum atomic E-state index is 5.83. The molecule has 96 valence electrons. The van der Waals surface area contributed by atoms with Gasteiger partial charge in [-0.2, -0.15) is 5.10 Å². The molecule has 1 unspecified atom stereocenters. The Labute approximate surface area is 111 Å². The van der Waals surface area contributed by atoms with Gasteiger partial charge < -0.3 is 5.73 Å². The Bertz CT molecular complexity index is 700. The van der Waals surface area contributed by atoms with Crippen molar-refractivity contribution in [1.82, 2.24) is 14.8 Å². The molecular formula is C15H16N4. The Hall–Kier alpha value is -2.20. The van der Waals surface area contributed by atoms with E-state index in [0.29, 0.717) is 0 Å². The summed E-state index contributed by atoms with van der Waals surface area (Å²) >= 11 is 0. The number of nitrogens with zero attached hydrogens (tertiary/aromatic N) is 3. The lowest BCUT2D eigenvalue weighted by Crippen LogP contribution is -2.18. The molecule has 0 fully saturated rings. The van der Waals surface area contributed by atoms with Crippen LogP contribution in [0.1, 0.15) is 12.5 Å². The van der Waals surface area contributed by atoms with Crippen molar-refractivity contribution >= 4 is 10.9 Å². The average Bonchev–Trinajstić information content (AvgIpc) is 2.82. The molecule has 0 aliphatic heterocycles. The Morgan fingerprint density at radius 3 is 2.89 bits per heavy atom. The predicted molar refractivity (Wildman–Crippen MR) is 76.2 cm³/mol. The molecule has 0 spiro atoms. The van der Waals surface area contributed by atoms with Gasteiger partial charge in [-0.3, -0.25) is 4.98 Å². The van der Waals surface area contributed by atoms with Crippen LogP contribution < -0.4 is 5.73 Å². The summed E-state index contributed by atoms with van der Waals surface area (Å²) < 4.78 is 1.91. The number of pyridine rings is 1. The van der Waals surface area contributed by atoms with Crippen molar-refractivity contribution in [3.63, 3.8) is 0 Å². The van der Waals surface area contributed by atoms with Crippen molar-refractivity contribution in [2.24, 2.45) is 5.73 Å². The van der Waals surface area contributed by atoms with Crippen LogP contribution in [-0.4, -0.2) is 20.8 Å². The minimum Gasteiger partial charge on any atom is -0.328 e. The highest BCUT2D eigenvalue weighted by atomic mass is 15.3. The SMILES string of the molecule is CC(N)Cc1cncc(-n2ncc3ccccc32)c1. The smallest absolute Gasteiger partial charge is 0.0838 e. The number of fused-ring (bicyclic) bond motifs is 1. The van der Waals surface area contributed by atoms with E-state index in [1.807, 2.05) is 42.3 Å². The second kappa shape index (κ2) is 4.82. The van der Waals surface area contributed by atoms with E-state index in [1.54, 1.807) is 0 Å². The quantitative estimate of drug-likeness (QED) is 0.778. The molecule has 0 saturated heterocycles. The minimum absolute atomic E-state index is 0.131. The van der Waals surface area contributed by atoms with E-state index < -0.39 is 0 Å². The third kappa shape index (κ3) is 2.35. The van der Waals surface area contributed by atoms with Crippen molar-refractivity contribution in [2.45, 2.75) is 19.4 Å². The van der Waals surface area contributed by atoms with E-state index in [2.05, 4.69) is 28.3 Å². The van der Waals surface area contributed by atoms with Crippen LogP contribution in [0.3, 0.4) is 0 Å². The first-order valence-electron chi connectivity index (χ1n) is 6.37. The molecule has 2 N–H and O–H groups in total. The van der Waals surface area contributed by atoms with E-state index in [0.717, 1.165) is 28.6 Å². The number of para-hydroxylation sites is 1. The van der Waals surface area contributed by atoms with Gasteiger partial charge in [0.1, 0.15) is 0 Å². The van der Waals surface area contributed by atoms with E-state index >= 15 is 0 Å². The van der Waals surface area contributed by atoms with Gasteiger partial charge in [0.2, 0.25) is 0 Å². The number of rotatable bonds is 3. The Morgan fingerprint density at radius 1 is 1.21 bits per heavy atom. The zero-order chi connectivity index (χ0) is 13.2. The highest BCUT2D eigenvalue weighted by Crippen LogP contribution is 2.18. The molecule has 0 aliphatic rings. The standard InChI is InChI=1S/C15H16N4/c1-11(16)6-12-7-14(10-17-8-12)19-15-5-3-2-4-13(15)9-18-19/h2-5,7-11H,6,16H2,1H3. The topological polar surface area (TPSA) is 56.7 Å². The maximum Gasteiger partial charge on any atom is 0.0838 e. The Balaban J connectivity index is 2.06. The molecule has 0 bridgehead atoms. The maximum absolute atomic E-state index is 5.83. The van der Waals surface area contributed by atoms with Crippen LogP contribution in [0, 0.1) is 0 Å². The van der Waals surface area contributed by atoms with Crippen LogP contribution in [-0.2, 0) is 6.42 Å². The molecule has 3 aromatic rings. The molecule has 4 heteroatoms. The lowest BCUT2D eigenvalue weighted by molar-refractivity contribution is 0.734. The molecule has 3 rings (SSSR count). The highest BCUT2D eigenvalue weighted by molar-refractivity contribution is 5.80. The first kappa shape index (κ1) is 11.9. The van der Waals surface area contributed by atoms with Crippen LogP contribution in [0.25, 0.3) is 16.6 Å². The van der Waals surface area contributed by atoms with Crippen molar-refractivity contribution in [1.29, 1.82) is 0 Å². The number of benzene rings is 1. The zero-order valence-electron chi connectivity index (χ0n) is 10.8. The normalized spacial score (nSPS) is 12.7. The van der Waals surface area contributed by atoms with Crippen LogP contribution in [0.2, 0.25) is 0 Å². The van der Waals surface area contributed by atoms with E-state index in [-0.39, 0.29) is 6.04 Å². The first-order valence-corrected chi connectivity index (χ1v) is 6.37. The lowest BCUT2D eigenvalue weighted by atomic mass is 10.1. The van der Waals surface area contributed by atoms with Crippen molar-refractivity contribution < 1.29 is 0 Å². The van der Waals surface area contributed by atoms with Crippen LogP contribution in [0.15, 0.2) is 48.9 Å². The summed E-state index contributed by atoms with van der Waals surface area (Å²) in [5.74, 6) is 0. The van der Waals surface area contributed by atoms with E-state index in [9.17, 15) is 0 Å². The summed E-state index contributed by atoms with van der Waals surface area (Å²) in [6.07, 6.45) is 6.37. The van der Waals surface area contributed by atoms with E-state index in [4.69, 9.17) is 5.73 Å². The molecule has 2 aromatic heterocycles. The summed E-state index contributed by atoms with van der Waals surface area (Å²) in [7, 11) is 0. The lowest BCUT2D eigenvalue weighted by Gasteiger charge is -2.08. The predicted octanol–water partition coefficient (Wildman–Crippen LogP) is 2.31. The molecule has 0 saturated carbocycles. The Morgan fingerprint density at radius 2 is 2.05 bits per heavy atom. The summed E-state index contributed by atoms with van der Waals surface area (Å²) in [6.45, 7) is 2.00. The molecular weight excluding hydrogens is 236 g/mol. The number of hydrogen-bond acceptors (Lipinski definition) is 3. The molecule has 1 aromatic carbocycles. The summed E-state index contributed by atoms with van der Waals surface area (Å²) in [6, 6.07) is 10.4.